The van der Waals surface area contributed by atoms with Gasteiger partial charge in [-0.1, -0.05) is 61.9 Å². The first-order chi connectivity index (χ1) is 9.81. The summed E-state index contributed by atoms with van der Waals surface area (Å²) in [6.45, 7) is 2.17. The van der Waals surface area contributed by atoms with Crippen molar-refractivity contribution in [1.82, 2.24) is 5.32 Å². The molecule has 1 nitrogen and oxygen atoms in total. The van der Waals surface area contributed by atoms with Crippen LogP contribution in [0, 0.1) is 6.92 Å². The monoisotopic (exact) mass is 271 g/mol. The molecule has 110 valence electrons. The van der Waals surface area contributed by atoms with E-state index in [1.54, 1.807) is 5.56 Å². The summed E-state index contributed by atoms with van der Waals surface area (Å²) in [5.41, 5.74) is 2.92. The van der Waals surface area contributed by atoms with Crippen LogP contribution in [0.5, 0.6) is 0 Å². The normalized spacial score (nSPS) is 28.4. The first kappa shape index (κ1) is 14.1. The lowest BCUT2D eigenvalue weighted by Gasteiger charge is -2.39. The fourth-order valence-corrected chi connectivity index (χ4v) is 3.82. The molecule has 20 heavy (non-hydrogen) atoms. The van der Waals surface area contributed by atoms with Crippen molar-refractivity contribution in [3.63, 3.8) is 0 Å². The third-order valence-electron chi connectivity index (χ3n) is 5.26. The van der Waals surface area contributed by atoms with Crippen molar-refractivity contribution in [2.24, 2.45) is 0 Å². The predicted octanol–water partition coefficient (Wildman–Crippen LogP) is 4.94. The molecule has 3 rings (SSSR count). The molecular weight excluding hydrogens is 242 g/mol. The molecule has 0 aliphatic heterocycles. The molecule has 2 saturated carbocycles. The lowest BCUT2D eigenvalue weighted by atomic mass is 9.75. The fourth-order valence-electron chi connectivity index (χ4n) is 3.82. The number of benzene rings is 1. The summed E-state index contributed by atoms with van der Waals surface area (Å²) in [6.07, 6.45) is 12.8. The Kier molecular flexibility index (Phi) is 4.77. The largest absolute Gasteiger partial charge is 0.311 e. The van der Waals surface area contributed by atoms with Crippen molar-refractivity contribution in [3.8, 4) is 0 Å². The first-order valence-corrected chi connectivity index (χ1v) is 8.64. The Balaban J connectivity index is 1.44. The van der Waals surface area contributed by atoms with Gasteiger partial charge in [0.25, 0.3) is 0 Å². The average molecular weight is 271 g/mol. The maximum Gasteiger partial charge on any atom is 0.00813 e. The minimum Gasteiger partial charge on any atom is -0.311 e. The quantitative estimate of drug-likeness (QED) is 0.820. The van der Waals surface area contributed by atoms with Gasteiger partial charge in [0.15, 0.2) is 0 Å². The van der Waals surface area contributed by atoms with Crippen molar-refractivity contribution in [2.45, 2.75) is 82.7 Å². The van der Waals surface area contributed by atoms with Gasteiger partial charge in [-0.05, 0) is 44.1 Å². The maximum atomic E-state index is 3.93. The SMILES string of the molecule is Cc1ccc(C2CC(NC3CCCCCCC3)C2)cc1. The summed E-state index contributed by atoms with van der Waals surface area (Å²) >= 11 is 0. The van der Waals surface area contributed by atoms with Crippen molar-refractivity contribution >= 4 is 0 Å². The molecule has 1 aromatic rings. The van der Waals surface area contributed by atoms with Gasteiger partial charge in [-0.25, -0.2) is 0 Å². The molecule has 0 spiro atoms. The van der Waals surface area contributed by atoms with Crippen molar-refractivity contribution in [2.75, 3.05) is 0 Å². The predicted molar refractivity (Wildman–Crippen MR) is 86.2 cm³/mol. The molecule has 0 amide bonds. The van der Waals surface area contributed by atoms with E-state index in [4.69, 9.17) is 0 Å². The fraction of sp³-hybridized carbons (Fsp3) is 0.684. The number of aryl methyl sites for hydroxylation is 1. The number of rotatable bonds is 3. The molecule has 0 heterocycles. The number of nitrogens with one attached hydrogen (secondary N) is 1. The van der Waals surface area contributed by atoms with Gasteiger partial charge in [0.2, 0.25) is 0 Å². The van der Waals surface area contributed by atoms with Crippen LogP contribution in [0.1, 0.15) is 74.8 Å². The van der Waals surface area contributed by atoms with Gasteiger partial charge in [-0.2, -0.15) is 0 Å². The highest BCUT2D eigenvalue weighted by Crippen LogP contribution is 2.37. The van der Waals surface area contributed by atoms with Crippen LogP contribution >= 0.6 is 0 Å². The van der Waals surface area contributed by atoms with Gasteiger partial charge in [0.1, 0.15) is 0 Å². The topological polar surface area (TPSA) is 12.0 Å². The zero-order chi connectivity index (χ0) is 13.8. The van der Waals surface area contributed by atoms with Gasteiger partial charge < -0.3 is 5.32 Å². The summed E-state index contributed by atoms with van der Waals surface area (Å²) in [6, 6.07) is 10.7. The number of hydrogen-bond acceptors (Lipinski definition) is 1. The van der Waals surface area contributed by atoms with Crippen LogP contribution in [-0.2, 0) is 0 Å². The summed E-state index contributed by atoms with van der Waals surface area (Å²) in [5, 5.41) is 3.93. The Morgan fingerprint density at radius 2 is 1.40 bits per heavy atom. The van der Waals surface area contributed by atoms with E-state index < -0.39 is 0 Å². The van der Waals surface area contributed by atoms with Crippen molar-refractivity contribution in [3.05, 3.63) is 35.4 Å². The van der Waals surface area contributed by atoms with Gasteiger partial charge in [0.05, 0.1) is 0 Å². The molecule has 0 unspecified atom stereocenters. The first-order valence-electron chi connectivity index (χ1n) is 8.64. The van der Waals surface area contributed by atoms with Crippen LogP contribution < -0.4 is 5.32 Å². The molecule has 0 atom stereocenters. The lowest BCUT2D eigenvalue weighted by molar-refractivity contribution is 0.245. The van der Waals surface area contributed by atoms with Gasteiger partial charge in [-0.15, -0.1) is 0 Å². The highest BCUT2D eigenvalue weighted by molar-refractivity contribution is 5.26. The van der Waals surface area contributed by atoms with Gasteiger partial charge in [-0.3, -0.25) is 0 Å². The van der Waals surface area contributed by atoms with E-state index in [0.717, 1.165) is 18.0 Å². The van der Waals surface area contributed by atoms with Crippen LogP contribution in [0.4, 0.5) is 0 Å². The highest BCUT2D eigenvalue weighted by atomic mass is 15.0. The molecule has 2 aliphatic rings. The number of hydrogen-bond donors (Lipinski definition) is 1. The molecule has 2 aliphatic carbocycles. The zero-order valence-electron chi connectivity index (χ0n) is 12.9. The van der Waals surface area contributed by atoms with Crippen LogP contribution in [-0.4, -0.2) is 12.1 Å². The van der Waals surface area contributed by atoms with Gasteiger partial charge in [0, 0.05) is 12.1 Å². The molecular formula is C19H29N. The summed E-state index contributed by atoms with van der Waals surface area (Å²) < 4.78 is 0. The van der Waals surface area contributed by atoms with Crippen molar-refractivity contribution in [1.29, 1.82) is 0 Å². The van der Waals surface area contributed by atoms with E-state index in [0.29, 0.717) is 0 Å². The Hall–Kier alpha value is -0.820. The Bertz CT molecular complexity index is 394. The smallest absolute Gasteiger partial charge is 0.00813 e. The maximum absolute atomic E-state index is 3.93. The minimum absolute atomic E-state index is 0.783. The van der Waals surface area contributed by atoms with Crippen LogP contribution in [0.2, 0.25) is 0 Å². The van der Waals surface area contributed by atoms with E-state index in [1.165, 1.54) is 63.4 Å². The Morgan fingerprint density at radius 1 is 0.800 bits per heavy atom. The lowest BCUT2D eigenvalue weighted by Crippen LogP contribution is -2.45. The van der Waals surface area contributed by atoms with E-state index in [1.807, 2.05) is 0 Å². The minimum atomic E-state index is 0.783. The second-order valence-electron chi connectivity index (χ2n) is 6.98. The van der Waals surface area contributed by atoms with Crippen LogP contribution in [0.15, 0.2) is 24.3 Å². The Morgan fingerprint density at radius 3 is 2.05 bits per heavy atom. The van der Waals surface area contributed by atoms with Crippen molar-refractivity contribution < 1.29 is 0 Å². The van der Waals surface area contributed by atoms with Crippen LogP contribution in [0.3, 0.4) is 0 Å². The molecule has 1 heteroatoms. The third-order valence-corrected chi connectivity index (χ3v) is 5.26. The molecule has 1 N–H and O–H groups in total. The zero-order valence-corrected chi connectivity index (χ0v) is 12.9. The standard InChI is InChI=1S/C19H29N/c1-15-9-11-16(12-10-15)17-13-19(14-17)20-18-7-5-3-2-4-6-8-18/h9-12,17-20H,2-8,13-14H2,1H3. The molecule has 0 aromatic heterocycles. The van der Waals surface area contributed by atoms with Crippen LogP contribution in [0.25, 0.3) is 0 Å². The molecule has 0 bridgehead atoms. The summed E-state index contributed by atoms with van der Waals surface area (Å²) in [7, 11) is 0. The van der Waals surface area contributed by atoms with E-state index in [2.05, 4.69) is 36.5 Å². The highest BCUT2D eigenvalue weighted by Gasteiger charge is 2.31. The second-order valence-corrected chi connectivity index (χ2v) is 6.98. The molecule has 1 aromatic carbocycles. The third kappa shape index (κ3) is 3.63. The average Bonchev–Trinajstić information content (AvgIpc) is 2.37. The summed E-state index contributed by atoms with van der Waals surface area (Å²) in [5.74, 6) is 0.807. The molecule has 0 saturated heterocycles. The molecule has 0 radical (unpaired) electrons. The summed E-state index contributed by atoms with van der Waals surface area (Å²) in [4.78, 5) is 0. The second kappa shape index (κ2) is 6.76. The Labute approximate surface area is 124 Å². The van der Waals surface area contributed by atoms with E-state index in [9.17, 15) is 0 Å². The van der Waals surface area contributed by atoms with Gasteiger partial charge >= 0.3 is 0 Å². The molecule has 2 fully saturated rings. The van der Waals surface area contributed by atoms with E-state index in [-0.39, 0.29) is 0 Å². The van der Waals surface area contributed by atoms with E-state index >= 15 is 0 Å².